The van der Waals surface area contributed by atoms with E-state index in [1.807, 2.05) is 50.2 Å². The maximum absolute atomic E-state index is 13.9. The molecule has 7 nitrogen and oxygen atoms in total. The summed E-state index contributed by atoms with van der Waals surface area (Å²) in [6.45, 7) is 5.27. The summed E-state index contributed by atoms with van der Waals surface area (Å²) >= 11 is 0. The Labute approximate surface area is 231 Å². The molecular weight excluding hydrogens is 517 g/mol. The van der Waals surface area contributed by atoms with Gasteiger partial charge in [-0.05, 0) is 61.5 Å². The van der Waals surface area contributed by atoms with Crippen molar-refractivity contribution in [1.29, 1.82) is 0 Å². The minimum Gasteiger partial charge on any atom is -0.376 e. The first-order chi connectivity index (χ1) is 19.0. The van der Waals surface area contributed by atoms with Crippen LogP contribution in [0, 0.1) is 6.92 Å². The molecule has 0 atom stereocenters. The fourth-order valence-electron chi connectivity index (χ4n) is 5.11. The summed E-state index contributed by atoms with van der Waals surface area (Å²) in [7, 11) is 4.00. The highest BCUT2D eigenvalue weighted by Gasteiger charge is 2.34. The Kier molecular flexibility index (Phi) is 7.82. The first kappa shape index (κ1) is 27.7. The van der Waals surface area contributed by atoms with E-state index in [1.165, 1.54) is 12.1 Å². The lowest BCUT2D eigenvalue weighted by molar-refractivity contribution is -0.646. The summed E-state index contributed by atoms with van der Waals surface area (Å²) in [6.07, 6.45) is -2.45. The van der Waals surface area contributed by atoms with E-state index in [2.05, 4.69) is 43.4 Å². The lowest BCUT2D eigenvalue weighted by Crippen LogP contribution is -2.44. The molecule has 4 aromatic rings. The Bertz CT molecular complexity index is 1500. The summed E-state index contributed by atoms with van der Waals surface area (Å²) in [5.74, 6) is -0.427. The summed E-state index contributed by atoms with van der Waals surface area (Å²) in [4.78, 5) is 20.1. The zero-order valence-corrected chi connectivity index (χ0v) is 22.9. The van der Waals surface area contributed by atoms with Crippen LogP contribution in [0.1, 0.15) is 16.8 Å². The standard InChI is InChI=1S/C30H33F3N6O/c1-20-14-23-15-24(18-38(3)29(23)35-20)21-4-7-25(8-5-21)34-17-28(40)36-26-9-6-22(27(16-26)30(31,32)33)19-39-12-10-37(2)11-13-39/h4-9,14-16,18,34H,10-13,17,19H2,1-3H3,(H,36,40)/p+1. The molecule has 1 fully saturated rings. The van der Waals surface area contributed by atoms with Crippen LogP contribution >= 0.6 is 0 Å². The number of H-pyrrole nitrogens is 1. The van der Waals surface area contributed by atoms with E-state index in [9.17, 15) is 18.0 Å². The van der Waals surface area contributed by atoms with E-state index in [0.717, 1.165) is 65.8 Å². The number of pyridine rings is 1. The number of nitrogens with one attached hydrogen (secondary N) is 3. The van der Waals surface area contributed by atoms with Crippen molar-refractivity contribution in [3.05, 3.63) is 77.6 Å². The van der Waals surface area contributed by atoms with Crippen molar-refractivity contribution in [2.45, 2.75) is 19.6 Å². The molecule has 3 N–H and O–H groups in total. The molecule has 1 aliphatic heterocycles. The third-order valence-electron chi connectivity index (χ3n) is 7.32. The van der Waals surface area contributed by atoms with E-state index in [1.54, 1.807) is 0 Å². The van der Waals surface area contributed by atoms with Gasteiger partial charge in [-0.3, -0.25) is 9.69 Å². The first-order valence-electron chi connectivity index (χ1n) is 13.3. The number of hydrogen-bond acceptors (Lipinski definition) is 4. The van der Waals surface area contributed by atoms with Crippen molar-refractivity contribution in [2.75, 3.05) is 50.4 Å². The Balaban J connectivity index is 1.20. The van der Waals surface area contributed by atoms with Crippen molar-refractivity contribution < 1.29 is 22.5 Å². The summed E-state index contributed by atoms with van der Waals surface area (Å²) in [6, 6.07) is 16.0. The molecule has 0 unspecified atom stereocenters. The number of carbonyl (C=O) groups excluding carboxylic acids is 1. The fraction of sp³-hybridized carbons (Fsp3) is 0.333. The van der Waals surface area contributed by atoms with Crippen molar-refractivity contribution in [2.24, 2.45) is 7.05 Å². The lowest BCUT2D eigenvalue weighted by atomic mass is 10.0. The van der Waals surface area contributed by atoms with Gasteiger partial charge in [-0.15, -0.1) is 0 Å². The number of fused-ring (bicyclic) bond motifs is 1. The average Bonchev–Trinajstić information content (AvgIpc) is 3.30. The molecular formula is C30H34F3N6O+. The Morgan fingerprint density at radius 1 is 0.975 bits per heavy atom. The van der Waals surface area contributed by atoms with Crippen LogP contribution in [0.4, 0.5) is 24.5 Å². The van der Waals surface area contributed by atoms with E-state index in [4.69, 9.17) is 0 Å². The van der Waals surface area contributed by atoms with Crippen LogP contribution in [0.3, 0.4) is 0 Å². The van der Waals surface area contributed by atoms with E-state index in [0.29, 0.717) is 0 Å². The Morgan fingerprint density at radius 3 is 2.38 bits per heavy atom. The third kappa shape index (κ3) is 6.46. The van der Waals surface area contributed by atoms with Gasteiger partial charge >= 0.3 is 6.18 Å². The minimum absolute atomic E-state index is 0.0761. The molecule has 0 spiro atoms. The number of halogens is 3. The van der Waals surface area contributed by atoms with Gasteiger partial charge in [-0.25, -0.2) is 9.55 Å². The van der Waals surface area contributed by atoms with E-state index >= 15 is 0 Å². The van der Waals surface area contributed by atoms with Crippen LogP contribution in [0.2, 0.25) is 0 Å². The van der Waals surface area contributed by atoms with Gasteiger partial charge in [-0.1, -0.05) is 18.2 Å². The van der Waals surface area contributed by atoms with Crippen LogP contribution in [0.25, 0.3) is 22.2 Å². The van der Waals surface area contributed by atoms with Crippen molar-refractivity contribution in [1.82, 2.24) is 14.8 Å². The molecule has 0 radical (unpaired) electrons. The smallest absolute Gasteiger partial charge is 0.376 e. The summed E-state index contributed by atoms with van der Waals surface area (Å²) < 4.78 is 43.6. The number of aryl methyl sites for hydroxylation is 2. The van der Waals surface area contributed by atoms with Gasteiger partial charge < -0.3 is 15.5 Å². The number of amides is 1. The van der Waals surface area contributed by atoms with Gasteiger partial charge in [0.25, 0.3) is 5.65 Å². The van der Waals surface area contributed by atoms with Crippen LogP contribution in [-0.2, 0) is 24.6 Å². The average molecular weight is 552 g/mol. The lowest BCUT2D eigenvalue weighted by Gasteiger charge is -2.33. The van der Waals surface area contributed by atoms with E-state index < -0.39 is 17.6 Å². The van der Waals surface area contributed by atoms with Crippen molar-refractivity contribution in [3.63, 3.8) is 0 Å². The molecule has 5 rings (SSSR count). The highest BCUT2D eigenvalue weighted by Crippen LogP contribution is 2.34. The van der Waals surface area contributed by atoms with Gasteiger partial charge in [0.15, 0.2) is 0 Å². The van der Waals surface area contributed by atoms with Gasteiger partial charge in [-0.2, -0.15) is 13.2 Å². The number of aromatic nitrogens is 2. The van der Waals surface area contributed by atoms with Gasteiger partial charge in [0, 0.05) is 49.7 Å². The van der Waals surface area contributed by atoms with Gasteiger partial charge in [0.1, 0.15) is 0 Å². The van der Waals surface area contributed by atoms with Gasteiger partial charge in [0.05, 0.1) is 36.4 Å². The number of rotatable bonds is 7. The first-order valence-corrected chi connectivity index (χ1v) is 13.3. The zero-order valence-electron chi connectivity index (χ0n) is 22.9. The molecule has 0 saturated carbocycles. The second kappa shape index (κ2) is 11.3. The molecule has 1 saturated heterocycles. The van der Waals surface area contributed by atoms with Gasteiger partial charge in [0.2, 0.25) is 5.91 Å². The number of benzene rings is 2. The fourth-order valence-corrected chi connectivity index (χ4v) is 5.11. The summed E-state index contributed by atoms with van der Waals surface area (Å²) in [5, 5.41) is 6.77. The number of anilines is 2. The largest absolute Gasteiger partial charge is 0.416 e. The quantitative estimate of drug-likeness (QED) is 0.289. The Morgan fingerprint density at radius 2 is 1.68 bits per heavy atom. The number of piperazine rings is 1. The predicted octanol–water partition coefficient (Wildman–Crippen LogP) is 4.78. The normalized spacial score (nSPS) is 14.9. The maximum Gasteiger partial charge on any atom is 0.416 e. The Hall–Kier alpha value is -3.89. The molecule has 1 aliphatic rings. The van der Waals surface area contributed by atoms with Crippen LogP contribution in [0.5, 0.6) is 0 Å². The monoisotopic (exact) mass is 551 g/mol. The second-order valence-electron chi connectivity index (χ2n) is 10.5. The minimum atomic E-state index is -4.51. The highest BCUT2D eigenvalue weighted by atomic mass is 19.4. The predicted molar refractivity (Wildman–Crippen MR) is 151 cm³/mol. The molecule has 40 heavy (non-hydrogen) atoms. The highest BCUT2D eigenvalue weighted by molar-refractivity contribution is 5.94. The third-order valence-corrected chi connectivity index (χ3v) is 7.32. The second-order valence-corrected chi connectivity index (χ2v) is 10.5. The van der Waals surface area contributed by atoms with Crippen molar-refractivity contribution >= 4 is 28.3 Å². The topological polar surface area (TPSA) is 67.3 Å². The molecule has 0 bridgehead atoms. The van der Waals surface area contributed by atoms with Crippen LogP contribution in [0.15, 0.2) is 60.8 Å². The molecule has 2 aromatic carbocycles. The number of nitrogens with zero attached hydrogens (tertiary/aromatic N) is 3. The molecule has 210 valence electrons. The number of hydrogen-bond donors (Lipinski definition) is 3. The number of likely N-dealkylation sites (N-methyl/N-ethyl adjacent to an activating group) is 1. The molecule has 10 heteroatoms. The van der Waals surface area contributed by atoms with E-state index in [-0.39, 0.29) is 24.3 Å². The zero-order chi connectivity index (χ0) is 28.4. The van der Waals surface area contributed by atoms with Crippen LogP contribution < -0.4 is 15.2 Å². The number of carbonyl (C=O) groups is 1. The molecule has 3 heterocycles. The van der Waals surface area contributed by atoms with Crippen molar-refractivity contribution in [3.8, 4) is 11.1 Å². The number of aromatic amines is 1. The molecule has 0 aliphatic carbocycles. The maximum atomic E-state index is 13.9. The SMILES string of the molecule is Cc1cc2cc(-c3ccc(NCC(=O)Nc4ccc(CN5CCN(C)CC5)c(C(F)(F)F)c4)cc3)c[n+](C)c2[nH]1. The van der Waals surface area contributed by atoms with Crippen LogP contribution in [-0.4, -0.2) is 60.5 Å². The number of alkyl halides is 3. The molecule has 2 aromatic heterocycles. The molecule has 1 amide bonds. The summed E-state index contributed by atoms with van der Waals surface area (Å²) in [5.41, 5.74) is 4.61.